The minimum absolute atomic E-state index is 0.00700. The summed E-state index contributed by atoms with van der Waals surface area (Å²) >= 11 is 0. The molecule has 142 valence electrons. The number of likely N-dealkylation sites (tertiary alicyclic amines) is 1. The lowest BCUT2D eigenvalue weighted by molar-refractivity contribution is -0.143. The highest BCUT2D eigenvalue weighted by Crippen LogP contribution is 2.39. The van der Waals surface area contributed by atoms with Crippen LogP contribution in [-0.2, 0) is 11.2 Å². The second-order valence-corrected chi connectivity index (χ2v) is 7.28. The van der Waals surface area contributed by atoms with Crippen LogP contribution < -0.4 is 9.47 Å². The van der Waals surface area contributed by atoms with E-state index in [1.807, 2.05) is 12.1 Å². The van der Waals surface area contributed by atoms with E-state index in [1.165, 1.54) is 11.1 Å². The van der Waals surface area contributed by atoms with Gasteiger partial charge in [0.15, 0.2) is 11.5 Å². The lowest BCUT2D eigenvalue weighted by atomic mass is 9.91. The Balaban J connectivity index is 1.71. The predicted molar refractivity (Wildman–Crippen MR) is 102 cm³/mol. The maximum Gasteiger partial charge on any atom is 0.307 e. The molecule has 2 unspecified atom stereocenters. The van der Waals surface area contributed by atoms with Gasteiger partial charge in [-0.15, -0.1) is 0 Å². The zero-order valence-corrected chi connectivity index (χ0v) is 15.6. The van der Waals surface area contributed by atoms with E-state index in [-0.39, 0.29) is 18.8 Å². The van der Waals surface area contributed by atoms with Crippen LogP contribution in [0.25, 0.3) is 0 Å². The second-order valence-electron chi connectivity index (χ2n) is 7.28. The van der Waals surface area contributed by atoms with E-state index >= 15 is 0 Å². The minimum Gasteiger partial charge on any atom is -0.481 e. The van der Waals surface area contributed by atoms with Crippen molar-refractivity contribution in [1.82, 2.24) is 4.90 Å². The summed E-state index contributed by atoms with van der Waals surface area (Å²) in [5.41, 5.74) is 3.58. The van der Waals surface area contributed by atoms with Crippen LogP contribution in [0, 0.1) is 5.92 Å². The number of hydrogen-bond donors (Lipinski definition) is 1. The lowest BCUT2D eigenvalue weighted by Gasteiger charge is -2.37. The summed E-state index contributed by atoms with van der Waals surface area (Å²) in [6.45, 7) is 3.84. The van der Waals surface area contributed by atoms with Crippen LogP contribution in [0.3, 0.4) is 0 Å². The summed E-state index contributed by atoms with van der Waals surface area (Å²) in [6.07, 6.45) is 2.64. The third kappa shape index (κ3) is 3.65. The average Bonchev–Trinajstić information content (AvgIpc) is 3.17. The molecule has 0 aromatic heterocycles. The Bertz CT molecular complexity index is 818. The number of rotatable bonds is 5. The Morgan fingerprint density at radius 2 is 1.89 bits per heavy atom. The highest BCUT2D eigenvalue weighted by molar-refractivity contribution is 5.70. The highest BCUT2D eigenvalue weighted by atomic mass is 16.7. The van der Waals surface area contributed by atoms with Crippen molar-refractivity contribution in [2.45, 2.75) is 32.2 Å². The molecule has 2 heterocycles. The van der Waals surface area contributed by atoms with E-state index in [1.54, 1.807) is 0 Å². The Labute approximate surface area is 159 Å². The van der Waals surface area contributed by atoms with Crippen molar-refractivity contribution in [2.24, 2.45) is 5.92 Å². The molecule has 0 radical (unpaired) electrons. The van der Waals surface area contributed by atoms with Crippen LogP contribution in [0.1, 0.15) is 42.5 Å². The van der Waals surface area contributed by atoms with Gasteiger partial charge in [-0.05, 0) is 54.6 Å². The number of fused-ring (bicyclic) bond motifs is 1. The topological polar surface area (TPSA) is 59.0 Å². The molecular formula is C22H25NO4. The molecule has 2 atom stereocenters. The van der Waals surface area contributed by atoms with Gasteiger partial charge in [0, 0.05) is 6.54 Å². The summed E-state index contributed by atoms with van der Waals surface area (Å²) in [4.78, 5) is 13.9. The monoisotopic (exact) mass is 367 g/mol. The zero-order chi connectivity index (χ0) is 18.8. The third-order valence-corrected chi connectivity index (χ3v) is 5.58. The van der Waals surface area contributed by atoms with Crippen molar-refractivity contribution in [3.8, 4) is 11.5 Å². The number of ether oxygens (including phenoxy) is 2. The van der Waals surface area contributed by atoms with Gasteiger partial charge >= 0.3 is 5.97 Å². The van der Waals surface area contributed by atoms with Crippen LogP contribution in [0.4, 0.5) is 0 Å². The van der Waals surface area contributed by atoms with Gasteiger partial charge in [-0.25, -0.2) is 0 Å². The number of aliphatic carboxylic acids is 1. The van der Waals surface area contributed by atoms with E-state index in [4.69, 9.17) is 9.47 Å². The Kier molecular flexibility index (Phi) is 5.03. The van der Waals surface area contributed by atoms with Crippen molar-refractivity contribution in [3.63, 3.8) is 0 Å². The molecule has 2 aliphatic rings. The molecule has 2 aliphatic heterocycles. The first-order valence-corrected chi connectivity index (χ1v) is 9.61. The molecule has 5 heteroatoms. The minimum atomic E-state index is -0.703. The number of nitrogens with zero attached hydrogens (tertiary/aromatic N) is 1. The van der Waals surface area contributed by atoms with E-state index < -0.39 is 5.97 Å². The first kappa shape index (κ1) is 17.9. The number of aryl methyl sites for hydroxylation is 1. The van der Waals surface area contributed by atoms with Gasteiger partial charge < -0.3 is 14.6 Å². The molecular weight excluding hydrogens is 342 g/mol. The SMILES string of the molecule is CCc1ccc(C(c2ccc3c(c2)OCO3)N2CCCC(C(=O)O)C2)cc1. The fourth-order valence-corrected chi connectivity index (χ4v) is 4.08. The van der Waals surface area contributed by atoms with Crippen LogP contribution in [-0.4, -0.2) is 35.9 Å². The molecule has 27 heavy (non-hydrogen) atoms. The molecule has 0 bridgehead atoms. The van der Waals surface area contributed by atoms with Gasteiger partial charge in [-0.1, -0.05) is 37.3 Å². The molecule has 1 N–H and O–H groups in total. The number of carboxylic acid groups (broad SMARTS) is 1. The first-order valence-electron chi connectivity index (χ1n) is 9.61. The maximum absolute atomic E-state index is 11.6. The molecule has 2 aromatic rings. The van der Waals surface area contributed by atoms with Crippen LogP contribution in [0.15, 0.2) is 42.5 Å². The summed E-state index contributed by atoms with van der Waals surface area (Å²) in [5, 5.41) is 9.51. The van der Waals surface area contributed by atoms with Crippen molar-refractivity contribution in [2.75, 3.05) is 19.9 Å². The Hall–Kier alpha value is -2.53. The molecule has 1 saturated heterocycles. The van der Waals surface area contributed by atoms with Gasteiger partial charge in [0.25, 0.3) is 0 Å². The molecule has 5 nitrogen and oxygen atoms in total. The van der Waals surface area contributed by atoms with Gasteiger partial charge in [0.1, 0.15) is 0 Å². The number of hydrogen-bond acceptors (Lipinski definition) is 4. The standard InChI is InChI=1S/C22H25NO4/c1-2-15-5-7-16(8-6-15)21(23-11-3-4-18(13-23)22(24)25)17-9-10-19-20(12-17)27-14-26-19/h5-10,12,18,21H,2-4,11,13-14H2,1H3,(H,24,25). The molecule has 2 aromatic carbocycles. The normalized spacial score (nSPS) is 20.4. The molecule has 4 rings (SSSR count). The number of carbonyl (C=O) groups is 1. The van der Waals surface area contributed by atoms with Gasteiger partial charge in [-0.2, -0.15) is 0 Å². The smallest absolute Gasteiger partial charge is 0.307 e. The van der Waals surface area contributed by atoms with Gasteiger partial charge in [0.05, 0.1) is 12.0 Å². The molecule has 0 amide bonds. The summed E-state index contributed by atoms with van der Waals surface area (Å²) in [6, 6.07) is 14.7. The quantitative estimate of drug-likeness (QED) is 0.869. The third-order valence-electron chi connectivity index (χ3n) is 5.58. The first-order chi connectivity index (χ1) is 13.2. The van der Waals surface area contributed by atoms with Crippen LogP contribution >= 0.6 is 0 Å². The van der Waals surface area contributed by atoms with E-state index in [9.17, 15) is 9.90 Å². The Morgan fingerprint density at radius 3 is 2.63 bits per heavy atom. The van der Waals surface area contributed by atoms with Gasteiger partial charge in [0.2, 0.25) is 6.79 Å². The van der Waals surface area contributed by atoms with E-state index in [2.05, 4.69) is 42.2 Å². The van der Waals surface area contributed by atoms with E-state index in [0.29, 0.717) is 6.54 Å². The fourth-order valence-electron chi connectivity index (χ4n) is 4.08. The predicted octanol–water partition coefficient (Wildman–Crippen LogP) is 3.86. The van der Waals surface area contributed by atoms with Crippen LogP contribution in [0.5, 0.6) is 11.5 Å². The number of benzene rings is 2. The van der Waals surface area contributed by atoms with Crippen molar-refractivity contribution < 1.29 is 19.4 Å². The molecule has 1 fully saturated rings. The fraction of sp³-hybridized carbons (Fsp3) is 0.409. The van der Waals surface area contributed by atoms with Crippen molar-refractivity contribution >= 4 is 5.97 Å². The van der Waals surface area contributed by atoms with E-state index in [0.717, 1.165) is 42.9 Å². The maximum atomic E-state index is 11.6. The summed E-state index contributed by atoms with van der Waals surface area (Å²) < 4.78 is 11.0. The molecule has 0 saturated carbocycles. The highest BCUT2D eigenvalue weighted by Gasteiger charge is 2.32. The van der Waals surface area contributed by atoms with Gasteiger partial charge in [-0.3, -0.25) is 9.69 Å². The van der Waals surface area contributed by atoms with Crippen molar-refractivity contribution in [1.29, 1.82) is 0 Å². The number of piperidine rings is 1. The largest absolute Gasteiger partial charge is 0.481 e. The zero-order valence-electron chi connectivity index (χ0n) is 15.6. The summed E-state index contributed by atoms with van der Waals surface area (Å²) in [7, 11) is 0. The molecule has 0 spiro atoms. The summed E-state index contributed by atoms with van der Waals surface area (Å²) in [5.74, 6) is 0.506. The van der Waals surface area contributed by atoms with Crippen LogP contribution in [0.2, 0.25) is 0 Å². The average molecular weight is 367 g/mol. The lowest BCUT2D eigenvalue weighted by Crippen LogP contribution is -2.41. The van der Waals surface area contributed by atoms with Crippen molar-refractivity contribution in [3.05, 3.63) is 59.2 Å². The Morgan fingerprint density at radius 1 is 1.15 bits per heavy atom. The number of carboxylic acids is 1. The molecule has 0 aliphatic carbocycles. The second kappa shape index (κ2) is 7.61.